The lowest BCUT2D eigenvalue weighted by atomic mass is 9.44. The molecule has 0 aromatic heterocycles. The number of rotatable bonds is 0. The lowest BCUT2D eigenvalue weighted by molar-refractivity contribution is -0.142. The van der Waals surface area contributed by atoms with Crippen LogP contribution >= 0.6 is 0 Å². The molecular formula is C21H36N2O. The van der Waals surface area contributed by atoms with Gasteiger partial charge in [0.25, 0.3) is 0 Å². The second-order valence-corrected chi connectivity index (χ2v) is 10.4. The van der Waals surface area contributed by atoms with Gasteiger partial charge in [-0.15, -0.1) is 0 Å². The van der Waals surface area contributed by atoms with Crippen LogP contribution in [0.4, 0.5) is 0 Å². The van der Waals surface area contributed by atoms with Crippen LogP contribution in [0.25, 0.3) is 0 Å². The molecular weight excluding hydrogens is 296 g/mol. The first kappa shape index (κ1) is 16.9. The van der Waals surface area contributed by atoms with Gasteiger partial charge < -0.3 is 10.9 Å². The van der Waals surface area contributed by atoms with E-state index >= 15 is 0 Å². The van der Waals surface area contributed by atoms with E-state index in [-0.39, 0.29) is 5.41 Å². The van der Waals surface area contributed by atoms with E-state index in [1.54, 1.807) is 0 Å². The Morgan fingerprint density at radius 2 is 1.75 bits per heavy atom. The van der Waals surface area contributed by atoms with Crippen molar-refractivity contribution in [2.45, 2.75) is 84.7 Å². The highest BCUT2D eigenvalue weighted by Crippen LogP contribution is 2.68. The number of hydrogen-bond donors (Lipinski definition) is 2. The van der Waals surface area contributed by atoms with Gasteiger partial charge in [-0.3, -0.25) is 0 Å². The van der Waals surface area contributed by atoms with Gasteiger partial charge in [0.05, 0.1) is 5.60 Å². The van der Waals surface area contributed by atoms with Crippen LogP contribution in [0.3, 0.4) is 0 Å². The predicted molar refractivity (Wildman–Crippen MR) is 98.5 cm³/mol. The summed E-state index contributed by atoms with van der Waals surface area (Å²) < 4.78 is 0. The fourth-order valence-corrected chi connectivity index (χ4v) is 7.84. The van der Waals surface area contributed by atoms with Crippen LogP contribution in [0.15, 0.2) is 5.10 Å². The number of fused-ring (bicyclic) bond motifs is 5. The van der Waals surface area contributed by atoms with E-state index in [2.05, 4.69) is 32.8 Å². The first-order valence-electron chi connectivity index (χ1n) is 10.2. The molecule has 0 aromatic rings. The first-order valence-corrected chi connectivity index (χ1v) is 10.2. The summed E-state index contributed by atoms with van der Waals surface area (Å²) in [5.41, 5.74) is 1.38. The summed E-state index contributed by atoms with van der Waals surface area (Å²) >= 11 is 0. The van der Waals surface area contributed by atoms with Crippen molar-refractivity contribution in [2.24, 2.45) is 51.4 Å². The minimum Gasteiger partial charge on any atom is -0.390 e. The average Bonchev–Trinajstić information content (AvgIpc) is 2.76. The summed E-state index contributed by atoms with van der Waals surface area (Å²) in [6.07, 6.45) is 9.81. The molecule has 0 heterocycles. The highest BCUT2D eigenvalue weighted by molar-refractivity contribution is 5.87. The summed E-state index contributed by atoms with van der Waals surface area (Å²) in [4.78, 5) is 0. The molecule has 24 heavy (non-hydrogen) atoms. The van der Waals surface area contributed by atoms with Crippen LogP contribution in [0.5, 0.6) is 0 Å². The van der Waals surface area contributed by atoms with E-state index in [9.17, 15) is 5.11 Å². The molecule has 4 aliphatic rings. The summed E-state index contributed by atoms with van der Waals surface area (Å²) in [6, 6.07) is 0. The maximum absolute atomic E-state index is 11.0. The molecule has 0 aromatic carbocycles. The van der Waals surface area contributed by atoms with Gasteiger partial charge in [-0.05, 0) is 98.7 Å². The number of hydrogen-bond acceptors (Lipinski definition) is 3. The van der Waals surface area contributed by atoms with Crippen molar-refractivity contribution in [2.75, 3.05) is 0 Å². The molecule has 8 atom stereocenters. The van der Waals surface area contributed by atoms with E-state index in [4.69, 9.17) is 5.84 Å². The number of nitrogens with two attached hydrogens (primary N) is 1. The normalized spacial score (nSPS) is 58.9. The smallest absolute Gasteiger partial charge is 0.0675 e. The Bertz CT molecular complexity index is 556. The van der Waals surface area contributed by atoms with Crippen molar-refractivity contribution < 1.29 is 5.11 Å². The summed E-state index contributed by atoms with van der Waals surface area (Å²) in [5.74, 6) is 9.36. The van der Waals surface area contributed by atoms with E-state index < -0.39 is 5.60 Å². The van der Waals surface area contributed by atoms with Crippen LogP contribution in [0.1, 0.15) is 79.1 Å². The molecule has 0 amide bonds. The van der Waals surface area contributed by atoms with Crippen LogP contribution in [-0.4, -0.2) is 16.4 Å². The Balaban J connectivity index is 1.64. The van der Waals surface area contributed by atoms with E-state index in [1.807, 2.05) is 0 Å². The Morgan fingerprint density at radius 3 is 2.46 bits per heavy atom. The third-order valence-corrected chi connectivity index (χ3v) is 9.56. The van der Waals surface area contributed by atoms with Crippen molar-refractivity contribution >= 4 is 5.71 Å². The fraction of sp³-hybridized carbons (Fsp3) is 0.952. The molecule has 3 nitrogen and oxygen atoms in total. The van der Waals surface area contributed by atoms with Gasteiger partial charge in [0.15, 0.2) is 0 Å². The molecule has 0 bridgehead atoms. The van der Waals surface area contributed by atoms with Crippen molar-refractivity contribution in [1.82, 2.24) is 0 Å². The lowest BCUT2D eigenvalue weighted by Crippen LogP contribution is -2.56. The summed E-state index contributed by atoms with van der Waals surface area (Å²) in [6.45, 7) is 9.39. The Hall–Kier alpha value is -0.570. The molecule has 0 saturated heterocycles. The predicted octanol–water partition coefficient (Wildman–Crippen LogP) is 4.34. The van der Waals surface area contributed by atoms with Gasteiger partial charge in [0, 0.05) is 5.71 Å². The molecule has 0 radical (unpaired) electrons. The van der Waals surface area contributed by atoms with Crippen LogP contribution in [0, 0.1) is 40.4 Å². The standard InChI is InChI=1S/C21H36N2O/c1-13-12-19(2)14(11-18(13)23-22)5-6-15-16(19)7-9-20(3)17(15)8-10-21(20,4)24/h13-17,24H,5-12,22H2,1-4H3. The molecule has 4 rings (SSSR count). The third-order valence-electron chi connectivity index (χ3n) is 9.56. The molecule has 4 saturated carbocycles. The SMILES string of the molecule is CC1CC2(C)C(CCC3C2CCC2(C)C3CCC2(C)O)CC1=NN. The Labute approximate surface area is 147 Å². The molecule has 4 aliphatic carbocycles. The second kappa shape index (κ2) is 5.22. The first-order chi connectivity index (χ1) is 11.2. The number of hydrazone groups is 1. The van der Waals surface area contributed by atoms with Gasteiger partial charge in [-0.1, -0.05) is 20.8 Å². The van der Waals surface area contributed by atoms with Crippen molar-refractivity contribution in [3.8, 4) is 0 Å². The maximum atomic E-state index is 11.0. The molecule has 3 N–H and O–H groups in total. The highest BCUT2D eigenvalue weighted by Gasteiger charge is 2.63. The Kier molecular flexibility index (Phi) is 3.67. The molecule has 3 heteroatoms. The van der Waals surface area contributed by atoms with Crippen LogP contribution in [-0.2, 0) is 0 Å². The van der Waals surface area contributed by atoms with Crippen LogP contribution in [0.2, 0.25) is 0 Å². The van der Waals surface area contributed by atoms with Crippen molar-refractivity contribution in [3.05, 3.63) is 0 Å². The molecule has 0 spiro atoms. The van der Waals surface area contributed by atoms with Gasteiger partial charge in [0.1, 0.15) is 0 Å². The highest BCUT2D eigenvalue weighted by atomic mass is 16.3. The largest absolute Gasteiger partial charge is 0.390 e. The van der Waals surface area contributed by atoms with Crippen LogP contribution < -0.4 is 5.84 Å². The summed E-state index contributed by atoms with van der Waals surface area (Å²) in [5, 5.41) is 15.1. The van der Waals surface area contributed by atoms with Gasteiger partial charge >= 0.3 is 0 Å². The van der Waals surface area contributed by atoms with Gasteiger partial charge in [0.2, 0.25) is 0 Å². The van der Waals surface area contributed by atoms with E-state index in [1.165, 1.54) is 44.2 Å². The van der Waals surface area contributed by atoms with Gasteiger partial charge in [-0.25, -0.2) is 0 Å². The zero-order chi connectivity index (χ0) is 17.3. The van der Waals surface area contributed by atoms with E-state index in [0.717, 1.165) is 36.5 Å². The minimum atomic E-state index is -0.459. The monoisotopic (exact) mass is 332 g/mol. The molecule has 136 valence electrons. The fourth-order valence-electron chi connectivity index (χ4n) is 7.84. The lowest BCUT2D eigenvalue weighted by Gasteiger charge is -2.61. The maximum Gasteiger partial charge on any atom is 0.0675 e. The summed E-state index contributed by atoms with van der Waals surface area (Å²) in [7, 11) is 0. The topological polar surface area (TPSA) is 58.6 Å². The minimum absolute atomic E-state index is 0.140. The third kappa shape index (κ3) is 2.03. The Morgan fingerprint density at radius 1 is 1.04 bits per heavy atom. The number of nitrogens with zero attached hydrogens (tertiary/aromatic N) is 1. The van der Waals surface area contributed by atoms with Crippen molar-refractivity contribution in [1.29, 1.82) is 0 Å². The quantitative estimate of drug-likeness (QED) is 0.512. The molecule has 8 unspecified atom stereocenters. The van der Waals surface area contributed by atoms with Crippen molar-refractivity contribution in [3.63, 3.8) is 0 Å². The average molecular weight is 333 g/mol. The molecule has 0 aliphatic heterocycles. The number of aliphatic hydroxyl groups is 1. The molecule has 4 fully saturated rings. The van der Waals surface area contributed by atoms with Gasteiger partial charge in [-0.2, -0.15) is 5.10 Å². The van der Waals surface area contributed by atoms with E-state index in [0.29, 0.717) is 11.3 Å². The zero-order valence-electron chi connectivity index (χ0n) is 16.0. The second-order valence-electron chi connectivity index (χ2n) is 10.4. The zero-order valence-corrected chi connectivity index (χ0v) is 16.0.